The molecular formula is C13H21ClN4O2S. The third-order valence-corrected chi connectivity index (χ3v) is 7.37. The van der Waals surface area contributed by atoms with Crippen LogP contribution in [0, 0.1) is 6.92 Å². The zero-order chi connectivity index (χ0) is 15.4. The maximum atomic E-state index is 12.9. The molecule has 118 valence electrons. The largest absolute Gasteiger partial charge is 0.299 e. The summed E-state index contributed by atoms with van der Waals surface area (Å²) in [5, 5.41) is 4.32. The highest BCUT2D eigenvalue weighted by Gasteiger charge is 2.40. The second-order valence-electron chi connectivity index (χ2n) is 6.03. The standard InChI is InChI=1S/C13H21ClN4O2S/c1-9-12(13(14)17(3)15-9)21(19,20)18-7-6-10-4-5-11(8-18)16(10)2/h10-11H,4-8H2,1-3H3/t10-,11+/m1/s1. The molecule has 0 aromatic carbocycles. The minimum atomic E-state index is -3.58. The fourth-order valence-corrected chi connectivity index (χ4v) is 5.73. The van der Waals surface area contributed by atoms with Crippen LogP contribution in [-0.4, -0.2) is 59.6 Å². The molecule has 2 atom stereocenters. The summed E-state index contributed by atoms with van der Waals surface area (Å²) in [6.45, 7) is 2.79. The summed E-state index contributed by atoms with van der Waals surface area (Å²) >= 11 is 6.15. The predicted molar refractivity (Wildman–Crippen MR) is 80.9 cm³/mol. The van der Waals surface area contributed by atoms with Gasteiger partial charge in [0, 0.05) is 32.2 Å². The van der Waals surface area contributed by atoms with Gasteiger partial charge in [-0.1, -0.05) is 11.6 Å². The lowest BCUT2D eigenvalue weighted by Gasteiger charge is -2.25. The molecule has 0 aliphatic carbocycles. The number of fused-ring (bicyclic) bond motifs is 2. The summed E-state index contributed by atoms with van der Waals surface area (Å²) in [4.78, 5) is 2.49. The monoisotopic (exact) mass is 332 g/mol. The molecule has 0 saturated carbocycles. The topological polar surface area (TPSA) is 58.4 Å². The molecule has 0 N–H and O–H groups in total. The molecule has 1 aromatic heterocycles. The van der Waals surface area contributed by atoms with E-state index >= 15 is 0 Å². The van der Waals surface area contributed by atoms with E-state index in [-0.39, 0.29) is 10.0 Å². The van der Waals surface area contributed by atoms with Gasteiger partial charge in [-0.25, -0.2) is 8.42 Å². The summed E-state index contributed by atoms with van der Waals surface area (Å²) in [5.41, 5.74) is 0.463. The van der Waals surface area contributed by atoms with Gasteiger partial charge >= 0.3 is 0 Å². The Morgan fingerprint density at radius 1 is 1.19 bits per heavy atom. The van der Waals surface area contributed by atoms with Gasteiger partial charge in [-0.3, -0.25) is 9.58 Å². The first-order valence-corrected chi connectivity index (χ1v) is 9.05. The number of nitrogens with zero attached hydrogens (tertiary/aromatic N) is 4. The van der Waals surface area contributed by atoms with Gasteiger partial charge < -0.3 is 0 Å². The highest BCUT2D eigenvalue weighted by molar-refractivity contribution is 7.89. The van der Waals surface area contributed by atoms with Crippen molar-refractivity contribution in [2.24, 2.45) is 7.05 Å². The number of hydrogen-bond donors (Lipinski definition) is 0. The van der Waals surface area contributed by atoms with E-state index in [1.165, 1.54) is 11.1 Å². The second kappa shape index (κ2) is 5.22. The number of aryl methyl sites for hydroxylation is 2. The minimum absolute atomic E-state index is 0.159. The van der Waals surface area contributed by atoms with Crippen molar-refractivity contribution >= 4 is 21.6 Å². The van der Waals surface area contributed by atoms with E-state index in [1.807, 2.05) is 0 Å². The Balaban J connectivity index is 1.95. The van der Waals surface area contributed by atoms with Crippen LogP contribution in [0.2, 0.25) is 5.15 Å². The molecule has 8 heteroatoms. The Morgan fingerprint density at radius 3 is 2.48 bits per heavy atom. The van der Waals surface area contributed by atoms with Crippen molar-refractivity contribution in [2.75, 3.05) is 20.1 Å². The van der Waals surface area contributed by atoms with Gasteiger partial charge in [-0.15, -0.1) is 0 Å². The number of sulfonamides is 1. The average molecular weight is 333 g/mol. The van der Waals surface area contributed by atoms with E-state index in [1.54, 1.807) is 18.3 Å². The number of likely N-dealkylation sites (N-methyl/N-ethyl adjacent to an activating group) is 1. The van der Waals surface area contributed by atoms with Crippen LogP contribution in [0.3, 0.4) is 0 Å². The fourth-order valence-electron chi connectivity index (χ4n) is 3.53. The van der Waals surface area contributed by atoms with Crippen LogP contribution in [0.4, 0.5) is 0 Å². The molecule has 2 saturated heterocycles. The number of rotatable bonds is 2. The number of halogens is 1. The van der Waals surface area contributed by atoms with Crippen molar-refractivity contribution in [1.29, 1.82) is 0 Å². The molecule has 2 aliphatic heterocycles. The maximum absolute atomic E-state index is 12.9. The quantitative estimate of drug-likeness (QED) is 0.817. The first-order chi connectivity index (χ1) is 9.82. The van der Waals surface area contributed by atoms with Crippen LogP contribution in [0.25, 0.3) is 0 Å². The molecule has 0 spiro atoms. The molecular weight excluding hydrogens is 312 g/mol. The van der Waals surface area contributed by atoms with Crippen molar-refractivity contribution in [1.82, 2.24) is 19.0 Å². The van der Waals surface area contributed by atoms with Crippen LogP contribution >= 0.6 is 11.6 Å². The van der Waals surface area contributed by atoms with Gasteiger partial charge in [-0.2, -0.15) is 9.40 Å². The van der Waals surface area contributed by atoms with E-state index in [0.29, 0.717) is 30.9 Å². The smallest absolute Gasteiger partial charge is 0.248 e. The van der Waals surface area contributed by atoms with Crippen LogP contribution in [-0.2, 0) is 17.1 Å². The third kappa shape index (κ3) is 2.40. The zero-order valence-corrected chi connectivity index (χ0v) is 14.2. The molecule has 0 unspecified atom stereocenters. The molecule has 0 radical (unpaired) electrons. The van der Waals surface area contributed by atoms with Gasteiger partial charge in [0.15, 0.2) is 0 Å². The highest BCUT2D eigenvalue weighted by atomic mass is 35.5. The molecule has 3 heterocycles. The highest BCUT2D eigenvalue weighted by Crippen LogP contribution is 2.33. The zero-order valence-electron chi connectivity index (χ0n) is 12.6. The Bertz CT molecular complexity index is 657. The SMILES string of the molecule is Cc1nn(C)c(Cl)c1S(=O)(=O)N1CC[C@H]2CC[C@@H](C1)N2C. The van der Waals surface area contributed by atoms with Gasteiger partial charge in [0.05, 0.1) is 5.69 Å². The molecule has 1 aromatic rings. The van der Waals surface area contributed by atoms with E-state index in [2.05, 4.69) is 17.0 Å². The van der Waals surface area contributed by atoms with E-state index in [0.717, 1.165) is 12.8 Å². The lowest BCUT2D eigenvalue weighted by atomic mass is 10.1. The Hall–Kier alpha value is -0.630. The molecule has 21 heavy (non-hydrogen) atoms. The van der Waals surface area contributed by atoms with Gasteiger partial charge in [0.1, 0.15) is 10.0 Å². The summed E-state index contributed by atoms with van der Waals surface area (Å²) < 4.78 is 28.9. The van der Waals surface area contributed by atoms with Crippen molar-refractivity contribution in [3.8, 4) is 0 Å². The average Bonchev–Trinajstić information content (AvgIpc) is 2.76. The summed E-state index contributed by atoms with van der Waals surface area (Å²) in [5.74, 6) is 0. The van der Waals surface area contributed by atoms with Gasteiger partial charge in [0.2, 0.25) is 10.0 Å². The maximum Gasteiger partial charge on any atom is 0.248 e. The van der Waals surface area contributed by atoms with Crippen LogP contribution in [0.5, 0.6) is 0 Å². The van der Waals surface area contributed by atoms with Crippen molar-refractivity contribution < 1.29 is 8.42 Å². The molecule has 2 fully saturated rings. The lowest BCUT2D eigenvalue weighted by Crippen LogP contribution is -2.39. The third-order valence-electron chi connectivity index (χ3n) is 4.81. The predicted octanol–water partition coefficient (Wildman–Crippen LogP) is 1.24. The summed E-state index contributed by atoms with van der Waals surface area (Å²) in [7, 11) is 0.177. The lowest BCUT2D eigenvalue weighted by molar-refractivity contribution is 0.246. The van der Waals surface area contributed by atoms with Crippen molar-refractivity contribution in [2.45, 2.75) is 43.2 Å². The van der Waals surface area contributed by atoms with E-state index in [4.69, 9.17) is 11.6 Å². The second-order valence-corrected chi connectivity index (χ2v) is 8.26. The van der Waals surface area contributed by atoms with Crippen LogP contribution < -0.4 is 0 Å². The summed E-state index contributed by atoms with van der Waals surface area (Å²) in [6, 6.07) is 0.809. The van der Waals surface area contributed by atoms with Gasteiger partial charge in [-0.05, 0) is 33.2 Å². The first kappa shape index (κ1) is 15.3. The van der Waals surface area contributed by atoms with Gasteiger partial charge in [0.25, 0.3) is 0 Å². The normalized spacial score (nSPS) is 28.0. The van der Waals surface area contributed by atoms with Crippen molar-refractivity contribution in [3.63, 3.8) is 0 Å². The molecule has 2 aliphatic rings. The van der Waals surface area contributed by atoms with Crippen LogP contribution in [0.1, 0.15) is 25.0 Å². The number of hydrogen-bond acceptors (Lipinski definition) is 4. The molecule has 2 bridgehead atoms. The minimum Gasteiger partial charge on any atom is -0.299 e. The van der Waals surface area contributed by atoms with Crippen LogP contribution in [0.15, 0.2) is 4.90 Å². The Morgan fingerprint density at radius 2 is 1.86 bits per heavy atom. The number of aromatic nitrogens is 2. The van der Waals surface area contributed by atoms with E-state index < -0.39 is 10.0 Å². The molecule has 6 nitrogen and oxygen atoms in total. The van der Waals surface area contributed by atoms with E-state index in [9.17, 15) is 8.42 Å². The Kier molecular flexibility index (Phi) is 3.80. The van der Waals surface area contributed by atoms with Crippen molar-refractivity contribution in [3.05, 3.63) is 10.8 Å². The molecule has 3 rings (SSSR count). The summed E-state index contributed by atoms with van der Waals surface area (Å²) in [6.07, 6.45) is 3.11. The fraction of sp³-hybridized carbons (Fsp3) is 0.769. The Labute approximate surface area is 130 Å². The first-order valence-electron chi connectivity index (χ1n) is 7.23. The molecule has 0 amide bonds.